The predicted octanol–water partition coefficient (Wildman–Crippen LogP) is 1.81. The monoisotopic (exact) mass is 375 g/mol. The van der Waals surface area contributed by atoms with Crippen molar-refractivity contribution in [1.82, 2.24) is 15.3 Å². The highest BCUT2D eigenvalue weighted by Crippen LogP contribution is 2.19. The lowest BCUT2D eigenvalue weighted by Crippen LogP contribution is -2.43. The van der Waals surface area contributed by atoms with Crippen LogP contribution in [0.4, 0.5) is 4.79 Å². The number of ether oxygens (including phenoxy) is 2. The molecular formula is C18H21N3O6. The maximum atomic E-state index is 12.1. The molecule has 9 heteroatoms. The fourth-order valence-electron chi connectivity index (χ4n) is 2.18. The van der Waals surface area contributed by atoms with E-state index in [9.17, 15) is 19.5 Å². The molecule has 1 aromatic heterocycles. The van der Waals surface area contributed by atoms with E-state index >= 15 is 0 Å². The van der Waals surface area contributed by atoms with Crippen LogP contribution in [-0.4, -0.2) is 33.7 Å². The van der Waals surface area contributed by atoms with Crippen molar-refractivity contribution in [2.45, 2.75) is 32.9 Å². The number of nitrogens with zero attached hydrogens (tertiary/aromatic N) is 1. The van der Waals surface area contributed by atoms with E-state index in [0.717, 1.165) is 5.56 Å². The summed E-state index contributed by atoms with van der Waals surface area (Å²) >= 11 is 0. The van der Waals surface area contributed by atoms with Crippen LogP contribution in [0.3, 0.4) is 0 Å². The molecule has 0 radical (unpaired) electrons. The minimum absolute atomic E-state index is 0.0370. The standard InChI is InChI=1S/C18H21N3O6/c1-4-26-15(24)12-13(22)14(23)20-16(19-12)18(2,3)21-17(25)27-10-11-8-6-5-7-9-11/h5-9,22H,4,10H2,1-3H3,(H,21,25)(H,19,20,23). The molecule has 0 saturated heterocycles. The number of esters is 1. The lowest BCUT2D eigenvalue weighted by atomic mass is 10.0. The molecule has 0 spiro atoms. The summed E-state index contributed by atoms with van der Waals surface area (Å²) in [5, 5.41) is 12.3. The van der Waals surface area contributed by atoms with E-state index < -0.39 is 34.6 Å². The van der Waals surface area contributed by atoms with Crippen molar-refractivity contribution in [3.8, 4) is 5.75 Å². The molecule has 27 heavy (non-hydrogen) atoms. The van der Waals surface area contributed by atoms with Crippen LogP contribution in [0.1, 0.15) is 42.6 Å². The van der Waals surface area contributed by atoms with Gasteiger partial charge in [-0.3, -0.25) is 4.79 Å². The fourth-order valence-corrected chi connectivity index (χ4v) is 2.18. The number of aromatic amines is 1. The van der Waals surface area contributed by atoms with E-state index in [1.54, 1.807) is 20.8 Å². The Morgan fingerprint density at radius 2 is 1.89 bits per heavy atom. The van der Waals surface area contributed by atoms with Gasteiger partial charge in [-0.15, -0.1) is 0 Å². The van der Waals surface area contributed by atoms with Crippen molar-refractivity contribution < 1.29 is 24.2 Å². The predicted molar refractivity (Wildman–Crippen MR) is 95.3 cm³/mol. The molecule has 0 bridgehead atoms. The largest absolute Gasteiger partial charge is 0.501 e. The van der Waals surface area contributed by atoms with Gasteiger partial charge in [0.1, 0.15) is 12.4 Å². The van der Waals surface area contributed by atoms with Gasteiger partial charge in [-0.1, -0.05) is 30.3 Å². The third kappa shape index (κ3) is 5.06. The van der Waals surface area contributed by atoms with Gasteiger partial charge in [-0.25, -0.2) is 14.6 Å². The third-order valence-electron chi connectivity index (χ3n) is 3.58. The number of alkyl carbamates (subject to hydrolysis) is 1. The Morgan fingerprint density at radius 3 is 2.52 bits per heavy atom. The SMILES string of the molecule is CCOC(=O)c1nc(C(C)(C)NC(=O)OCc2ccccc2)[nH]c(=O)c1O. The van der Waals surface area contributed by atoms with Crippen LogP contribution in [0, 0.1) is 0 Å². The molecule has 1 amide bonds. The summed E-state index contributed by atoms with van der Waals surface area (Å²) in [6.45, 7) is 4.81. The van der Waals surface area contributed by atoms with Crippen molar-refractivity contribution >= 4 is 12.1 Å². The Morgan fingerprint density at radius 1 is 1.22 bits per heavy atom. The second-order valence-electron chi connectivity index (χ2n) is 6.14. The van der Waals surface area contributed by atoms with Crippen LogP contribution in [0.25, 0.3) is 0 Å². The number of carbonyl (C=O) groups is 2. The lowest BCUT2D eigenvalue weighted by Gasteiger charge is -2.25. The van der Waals surface area contributed by atoms with Crippen molar-refractivity contribution in [2.75, 3.05) is 6.61 Å². The Labute approximate surface area is 155 Å². The van der Waals surface area contributed by atoms with Gasteiger partial charge in [-0.2, -0.15) is 0 Å². The Kier molecular flexibility index (Phi) is 6.17. The van der Waals surface area contributed by atoms with Crippen LogP contribution in [0.5, 0.6) is 5.75 Å². The van der Waals surface area contributed by atoms with Gasteiger partial charge in [0.05, 0.1) is 12.1 Å². The van der Waals surface area contributed by atoms with Crippen molar-refractivity contribution in [2.24, 2.45) is 0 Å². The number of aromatic hydroxyl groups is 1. The molecular weight excluding hydrogens is 354 g/mol. The lowest BCUT2D eigenvalue weighted by molar-refractivity contribution is 0.0514. The molecule has 0 saturated carbocycles. The summed E-state index contributed by atoms with van der Waals surface area (Å²) < 4.78 is 9.92. The summed E-state index contributed by atoms with van der Waals surface area (Å²) in [6.07, 6.45) is -0.739. The second kappa shape index (κ2) is 8.35. The van der Waals surface area contributed by atoms with Crippen molar-refractivity contribution in [3.63, 3.8) is 0 Å². The Bertz CT molecular complexity index is 876. The zero-order valence-corrected chi connectivity index (χ0v) is 15.2. The Hall–Kier alpha value is -3.36. The first-order valence-corrected chi connectivity index (χ1v) is 8.24. The zero-order chi connectivity index (χ0) is 20.0. The molecule has 1 aromatic carbocycles. The van der Waals surface area contributed by atoms with Gasteiger partial charge in [-0.05, 0) is 26.3 Å². The number of amides is 1. The summed E-state index contributed by atoms with van der Waals surface area (Å²) in [7, 11) is 0. The molecule has 144 valence electrons. The second-order valence-corrected chi connectivity index (χ2v) is 6.14. The summed E-state index contributed by atoms with van der Waals surface area (Å²) in [5.41, 5.74) is -1.83. The first kappa shape index (κ1) is 20.0. The Balaban J connectivity index is 2.16. The average molecular weight is 375 g/mol. The summed E-state index contributed by atoms with van der Waals surface area (Å²) in [4.78, 5) is 42.2. The highest BCUT2D eigenvalue weighted by molar-refractivity contribution is 5.90. The number of hydrogen-bond donors (Lipinski definition) is 3. The maximum Gasteiger partial charge on any atom is 0.408 e. The number of rotatable bonds is 6. The minimum Gasteiger partial charge on any atom is -0.501 e. The summed E-state index contributed by atoms with van der Waals surface area (Å²) in [6, 6.07) is 9.11. The molecule has 9 nitrogen and oxygen atoms in total. The van der Waals surface area contributed by atoms with Crippen LogP contribution in [0.2, 0.25) is 0 Å². The van der Waals surface area contributed by atoms with Crippen molar-refractivity contribution in [3.05, 3.63) is 57.8 Å². The van der Waals surface area contributed by atoms with Gasteiger partial charge in [0.25, 0.3) is 5.56 Å². The molecule has 0 aliphatic carbocycles. The molecule has 1 heterocycles. The highest BCUT2D eigenvalue weighted by Gasteiger charge is 2.30. The number of carbonyl (C=O) groups excluding carboxylic acids is 2. The van der Waals surface area contributed by atoms with Gasteiger partial charge >= 0.3 is 12.1 Å². The molecule has 0 aliphatic rings. The zero-order valence-electron chi connectivity index (χ0n) is 15.2. The number of hydrogen-bond acceptors (Lipinski definition) is 7. The van der Waals surface area contributed by atoms with Crippen LogP contribution in [0.15, 0.2) is 35.1 Å². The summed E-state index contributed by atoms with van der Waals surface area (Å²) in [5.74, 6) is -1.82. The third-order valence-corrected chi connectivity index (χ3v) is 3.58. The normalized spacial score (nSPS) is 10.9. The fraction of sp³-hybridized carbons (Fsp3) is 0.333. The van der Waals surface area contributed by atoms with E-state index in [0.29, 0.717) is 0 Å². The first-order chi connectivity index (χ1) is 12.7. The van der Waals surface area contributed by atoms with Gasteiger partial charge < -0.3 is 24.9 Å². The van der Waals surface area contributed by atoms with E-state index in [2.05, 4.69) is 15.3 Å². The molecule has 0 aliphatic heterocycles. The van der Waals surface area contributed by atoms with E-state index in [-0.39, 0.29) is 19.0 Å². The molecule has 2 rings (SSSR count). The maximum absolute atomic E-state index is 12.1. The first-order valence-electron chi connectivity index (χ1n) is 8.24. The number of H-pyrrole nitrogens is 1. The topological polar surface area (TPSA) is 131 Å². The number of benzene rings is 1. The number of nitrogens with one attached hydrogen (secondary N) is 2. The average Bonchev–Trinajstić information content (AvgIpc) is 2.62. The van der Waals surface area contributed by atoms with Gasteiger partial charge in [0.2, 0.25) is 5.75 Å². The van der Waals surface area contributed by atoms with E-state index in [4.69, 9.17) is 9.47 Å². The van der Waals surface area contributed by atoms with E-state index in [1.807, 2.05) is 30.3 Å². The van der Waals surface area contributed by atoms with Gasteiger partial charge in [0, 0.05) is 0 Å². The minimum atomic E-state index is -1.19. The highest BCUT2D eigenvalue weighted by atomic mass is 16.5. The quantitative estimate of drug-likeness (QED) is 0.656. The molecule has 0 unspecified atom stereocenters. The van der Waals surface area contributed by atoms with Gasteiger partial charge in [0.15, 0.2) is 5.69 Å². The number of aromatic nitrogens is 2. The molecule has 3 N–H and O–H groups in total. The molecule has 0 atom stereocenters. The van der Waals surface area contributed by atoms with Crippen molar-refractivity contribution in [1.29, 1.82) is 0 Å². The smallest absolute Gasteiger partial charge is 0.408 e. The molecule has 2 aromatic rings. The molecule has 0 fully saturated rings. The van der Waals surface area contributed by atoms with Crippen LogP contribution >= 0.6 is 0 Å². The van der Waals surface area contributed by atoms with Crippen LogP contribution in [-0.2, 0) is 21.6 Å². The van der Waals surface area contributed by atoms with E-state index in [1.165, 1.54) is 0 Å². The van der Waals surface area contributed by atoms with Crippen LogP contribution < -0.4 is 10.9 Å².